The van der Waals surface area contributed by atoms with Gasteiger partial charge in [-0.05, 0) is 28.7 Å². The molecule has 0 saturated carbocycles. The first kappa shape index (κ1) is 50.9. The van der Waals surface area contributed by atoms with Crippen LogP contribution in [0.25, 0.3) is 11.1 Å². The fourth-order valence-electron chi connectivity index (χ4n) is 6.11. The van der Waals surface area contributed by atoms with Crippen molar-refractivity contribution in [2.45, 2.75) is 32.1 Å². The normalized spacial score (nSPS) is 11.8. The predicted octanol–water partition coefficient (Wildman–Crippen LogP) is 2.78. The van der Waals surface area contributed by atoms with Crippen LogP contribution in [0.3, 0.4) is 0 Å². The number of likely N-dealkylation sites (N-methyl/N-ethyl adjacent to an activating group) is 2. The van der Waals surface area contributed by atoms with Gasteiger partial charge in [-0.1, -0.05) is 55.5 Å². The highest BCUT2D eigenvalue weighted by atomic mass is 16.6. The van der Waals surface area contributed by atoms with Crippen molar-refractivity contribution in [3.8, 4) is 11.1 Å². The third kappa shape index (κ3) is 20.3. The average Bonchev–Trinajstić information content (AvgIpc) is 3.59. The first-order valence-electron chi connectivity index (χ1n) is 21.1. The van der Waals surface area contributed by atoms with Crippen molar-refractivity contribution in [3.05, 3.63) is 59.7 Å². The molecule has 0 aromatic heterocycles. The molecule has 0 atom stereocenters. The van der Waals surface area contributed by atoms with E-state index < -0.39 is 12.0 Å². The van der Waals surface area contributed by atoms with Crippen LogP contribution >= 0.6 is 0 Å². The fourth-order valence-corrected chi connectivity index (χ4v) is 6.11. The molecular formula is C44H66N4O13. The van der Waals surface area contributed by atoms with Crippen LogP contribution in [0.2, 0.25) is 0 Å². The van der Waals surface area contributed by atoms with Gasteiger partial charge < -0.3 is 62.7 Å². The molecule has 0 radical (unpaired) electrons. The minimum absolute atomic E-state index is 0.0111. The zero-order valence-corrected chi connectivity index (χ0v) is 36.2. The largest absolute Gasteiger partial charge is 0.449 e. The molecule has 2 aromatic rings. The second-order valence-corrected chi connectivity index (χ2v) is 14.1. The number of aldehydes is 1. The van der Waals surface area contributed by atoms with Gasteiger partial charge in [0.1, 0.15) is 26.0 Å². The molecule has 4 amide bonds. The van der Waals surface area contributed by atoms with Crippen molar-refractivity contribution in [1.82, 2.24) is 20.0 Å². The van der Waals surface area contributed by atoms with Crippen molar-refractivity contribution in [2.24, 2.45) is 0 Å². The van der Waals surface area contributed by atoms with Crippen LogP contribution in [-0.2, 0) is 57.1 Å². The summed E-state index contributed by atoms with van der Waals surface area (Å²) in [6.07, 6.45) is 1.43. The van der Waals surface area contributed by atoms with Crippen LogP contribution < -0.4 is 5.32 Å². The highest BCUT2D eigenvalue weighted by Gasteiger charge is 2.29. The lowest BCUT2D eigenvalue weighted by Gasteiger charge is -2.27. The van der Waals surface area contributed by atoms with E-state index in [0.29, 0.717) is 72.5 Å². The highest BCUT2D eigenvalue weighted by Crippen LogP contribution is 2.44. The molecule has 0 unspecified atom stereocenters. The van der Waals surface area contributed by atoms with Crippen LogP contribution in [0, 0.1) is 0 Å². The molecule has 3 rings (SSSR count). The van der Waals surface area contributed by atoms with E-state index in [2.05, 4.69) is 29.6 Å². The van der Waals surface area contributed by atoms with E-state index in [1.165, 1.54) is 14.7 Å². The first-order valence-corrected chi connectivity index (χ1v) is 21.1. The molecule has 1 N–H and O–H groups in total. The maximum atomic E-state index is 13.4. The van der Waals surface area contributed by atoms with Gasteiger partial charge in [0.15, 0.2) is 0 Å². The van der Waals surface area contributed by atoms with Crippen molar-refractivity contribution in [1.29, 1.82) is 0 Å². The number of hydrogen-bond acceptors (Lipinski definition) is 13. The van der Waals surface area contributed by atoms with Gasteiger partial charge in [0.05, 0.1) is 92.3 Å². The standard InChI is InChI=1S/C44H66N4O13/c1-4-19-54-25-29-59-31-27-57-23-16-46(2)42(51)33-48(34-43(52)47(3)17-24-58-28-32-60-30-26-55-20-9-18-49)41(50)14-21-56-22-15-45-44(53)61-35-40-38-12-7-5-10-36(38)37-11-6-8-13-39(37)40/h5-8,10-13,18,40H,4,9,14-17,19-35H2,1-3H3,(H,45,53). The molecule has 0 bridgehead atoms. The van der Waals surface area contributed by atoms with Crippen LogP contribution in [0.5, 0.6) is 0 Å². The van der Waals surface area contributed by atoms with Crippen LogP contribution in [0.1, 0.15) is 43.2 Å². The first-order chi connectivity index (χ1) is 29.8. The number of nitrogens with zero attached hydrogens (tertiary/aromatic N) is 3. The number of carbonyl (C=O) groups excluding carboxylic acids is 5. The van der Waals surface area contributed by atoms with Gasteiger partial charge >= 0.3 is 6.09 Å². The lowest BCUT2D eigenvalue weighted by molar-refractivity contribution is -0.145. The molecule has 1 aliphatic rings. The number of fused-ring (bicyclic) bond motifs is 3. The van der Waals surface area contributed by atoms with Crippen molar-refractivity contribution < 1.29 is 61.9 Å². The van der Waals surface area contributed by atoms with Gasteiger partial charge in [-0.3, -0.25) is 14.4 Å². The van der Waals surface area contributed by atoms with Crippen molar-refractivity contribution in [2.75, 3.05) is 146 Å². The molecule has 61 heavy (non-hydrogen) atoms. The molecule has 0 fully saturated rings. The summed E-state index contributed by atoms with van der Waals surface area (Å²) in [7, 11) is 3.21. The van der Waals surface area contributed by atoms with E-state index in [-0.39, 0.29) is 89.9 Å². The number of alkyl carbamates (subject to hydrolysis) is 1. The van der Waals surface area contributed by atoms with E-state index in [0.717, 1.165) is 35.0 Å². The lowest BCUT2D eigenvalue weighted by atomic mass is 9.98. The van der Waals surface area contributed by atoms with Crippen molar-refractivity contribution >= 4 is 30.1 Å². The summed E-state index contributed by atoms with van der Waals surface area (Å²) in [5.41, 5.74) is 4.52. The Labute approximate surface area is 360 Å². The summed E-state index contributed by atoms with van der Waals surface area (Å²) in [5.74, 6) is -1.22. The number of amides is 4. The van der Waals surface area contributed by atoms with E-state index in [1.54, 1.807) is 14.1 Å². The summed E-state index contributed by atoms with van der Waals surface area (Å²) in [6, 6.07) is 16.2. The van der Waals surface area contributed by atoms with Gasteiger partial charge in [-0.15, -0.1) is 0 Å². The molecule has 340 valence electrons. The van der Waals surface area contributed by atoms with Gasteiger partial charge in [0, 0.05) is 52.7 Å². The Kier molecular flexibility index (Phi) is 26.2. The summed E-state index contributed by atoms with van der Waals surface area (Å²) in [6.45, 7) is 7.17. The molecule has 2 aromatic carbocycles. The SMILES string of the molecule is CCCOCCOCCOCCN(C)C(=O)CN(CC(=O)N(C)CCOCCOCCOCCC=O)C(=O)CCOCCNC(=O)OCC1c2ccccc2-c2ccccc21. The Morgan fingerprint density at radius 3 is 1.56 bits per heavy atom. The van der Waals surface area contributed by atoms with Gasteiger partial charge in [0.25, 0.3) is 0 Å². The Balaban J connectivity index is 1.38. The summed E-state index contributed by atoms with van der Waals surface area (Å²) >= 11 is 0. The second kappa shape index (κ2) is 31.4. The number of ether oxygens (including phenoxy) is 8. The molecule has 17 nitrogen and oxygen atoms in total. The number of hydrogen-bond donors (Lipinski definition) is 1. The minimum atomic E-state index is -0.572. The monoisotopic (exact) mass is 858 g/mol. The Bertz CT molecular complexity index is 1540. The molecule has 0 heterocycles. The van der Waals surface area contributed by atoms with E-state index in [1.807, 2.05) is 31.2 Å². The van der Waals surface area contributed by atoms with Gasteiger partial charge in [-0.25, -0.2) is 4.79 Å². The molecule has 0 aliphatic heterocycles. The number of nitrogens with one attached hydrogen (secondary N) is 1. The quantitative estimate of drug-likeness (QED) is 0.0791. The van der Waals surface area contributed by atoms with E-state index in [4.69, 9.17) is 37.9 Å². The number of carbonyl (C=O) groups is 5. The minimum Gasteiger partial charge on any atom is -0.449 e. The Hall–Kier alpha value is -4.49. The van der Waals surface area contributed by atoms with Crippen LogP contribution in [-0.4, -0.2) is 191 Å². The van der Waals surface area contributed by atoms with E-state index >= 15 is 0 Å². The van der Waals surface area contributed by atoms with Gasteiger partial charge in [-0.2, -0.15) is 0 Å². The topological polar surface area (TPSA) is 181 Å². The molecular weight excluding hydrogens is 792 g/mol. The van der Waals surface area contributed by atoms with Crippen LogP contribution in [0.4, 0.5) is 4.79 Å². The molecule has 0 saturated heterocycles. The number of rotatable bonds is 35. The summed E-state index contributed by atoms with van der Waals surface area (Å²) in [4.78, 5) is 66.8. The maximum Gasteiger partial charge on any atom is 0.407 e. The molecule has 1 aliphatic carbocycles. The van der Waals surface area contributed by atoms with Gasteiger partial charge in [0.2, 0.25) is 17.7 Å². The third-order valence-electron chi connectivity index (χ3n) is 9.53. The Morgan fingerprint density at radius 1 is 0.590 bits per heavy atom. The highest BCUT2D eigenvalue weighted by molar-refractivity contribution is 5.89. The second-order valence-electron chi connectivity index (χ2n) is 14.1. The predicted molar refractivity (Wildman–Crippen MR) is 226 cm³/mol. The fraction of sp³-hybridized carbons (Fsp3) is 0.614. The average molecular weight is 859 g/mol. The zero-order valence-electron chi connectivity index (χ0n) is 36.2. The van der Waals surface area contributed by atoms with Crippen LogP contribution in [0.15, 0.2) is 48.5 Å². The lowest BCUT2D eigenvalue weighted by Crippen LogP contribution is -2.47. The third-order valence-corrected chi connectivity index (χ3v) is 9.53. The smallest absolute Gasteiger partial charge is 0.407 e. The molecule has 17 heteroatoms. The zero-order chi connectivity index (χ0) is 43.9. The Morgan fingerprint density at radius 2 is 1.05 bits per heavy atom. The maximum absolute atomic E-state index is 13.4. The number of benzene rings is 2. The summed E-state index contributed by atoms with van der Waals surface area (Å²) in [5, 5.41) is 2.69. The van der Waals surface area contributed by atoms with E-state index in [9.17, 15) is 24.0 Å². The summed E-state index contributed by atoms with van der Waals surface area (Å²) < 4.78 is 43.9. The molecule has 0 spiro atoms. The van der Waals surface area contributed by atoms with Crippen molar-refractivity contribution in [3.63, 3.8) is 0 Å².